The van der Waals surface area contributed by atoms with Gasteiger partial charge in [0.1, 0.15) is 5.82 Å². The summed E-state index contributed by atoms with van der Waals surface area (Å²) in [6.07, 6.45) is 1.49. The van der Waals surface area contributed by atoms with E-state index in [1.807, 2.05) is 0 Å². The number of anilines is 1. The summed E-state index contributed by atoms with van der Waals surface area (Å²) in [6.45, 7) is 2.86. The summed E-state index contributed by atoms with van der Waals surface area (Å²) in [5, 5.41) is 10.8. The third-order valence-corrected chi connectivity index (χ3v) is 4.80. The number of likely N-dealkylation sites (tertiary alicyclic amines) is 1. The highest BCUT2D eigenvalue weighted by atomic mass is 19.1. The number of carbonyl (C=O) groups is 2. The van der Waals surface area contributed by atoms with Gasteiger partial charge in [-0.15, -0.1) is 10.2 Å². The summed E-state index contributed by atoms with van der Waals surface area (Å²) in [6, 6.07) is 9.20. The lowest BCUT2D eigenvalue weighted by molar-refractivity contribution is -0.130. The molecule has 27 heavy (non-hydrogen) atoms. The molecule has 3 amide bonds. The monoisotopic (exact) mass is 371 g/mol. The summed E-state index contributed by atoms with van der Waals surface area (Å²) >= 11 is 0. The van der Waals surface area contributed by atoms with Crippen LogP contribution in [0.4, 0.5) is 15.0 Å². The molecule has 0 unspecified atom stereocenters. The van der Waals surface area contributed by atoms with Crippen LogP contribution in [0.2, 0.25) is 0 Å². The summed E-state index contributed by atoms with van der Waals surface area (Å²) in [5.74, 6) is 0.0477. The van der Waals surface area contributed by atoms with Crippen LogP contribution in [0.3, 0.4) is 0 Å². The second kappa shape index (κ2) is 8.11. The van der Waals surface area contributed by atoms with Gasteiger partial charge in [0.2, 0.25) is 5.91 Å². The topological polar surface area (TPSA) is 78.4 Å². The maximum Gasteiger partial charge on any atom is 0.323 e. The number of nitrogens with one attached hydrogen (secondary N) is 1. The van der Waals surface area contributed by atoms with Gasteiger partial charge < -0.3 is 9.80 Å². The maximum absolute atomic E-state index is 13.3. The first-order valence-electron chi connectivity index (χ1n) is 8.83. The lowest BCUT2D eigenvalue weighted by Crippen LogP contribution is -2.48. The van der Waals surface area contributed by atoms with Crippen LogP contribution in [0.15, 0.2) is 36.4 Å². The first-order chi connectivity index (χ1) is 12.9. The van der Waals surface area contributed by atoms with Gasteiger partial charge in [0.05, 0.1) is 5.69 Å². The molecule has 0 aliphatic carbocycles. The van der Waals surface area contributed by atoms with E-state index >= 15 is 0 Å². The molecule has 1 saturated heterocycles. The molecule has 1 aliphatic rings. The van der Waals surface area contributed by atoms with Gasteiger partial charge >= 0.3 is 6.03 Å². The van der Waals surface area contributed by atoms with Gasteiger partial charge in [-0.05, 0) is 37.1 Å². The average Bonchev–Trinajstić information content (AvgIpc) is 2.68. The number of carbonyl (C=O) groups excluding carboxylic acids is 2. The Balaban J connectivity index is 1.58. The molecule has 7 nitrogen and oxygen atoms in total. The molecule has 2 heterocycles. The van der Waals surface area contributed by atoms with Gasteiger partial charge in [-0.3, -0.25) is 10.1 Å². The molecule has 0 radical (unpaired) electrons. The van der Waals surface area contributed by atoms with Crippen LogP contribution in [0.5, 0.6) is 0 Å². The lowest BCUT2D eigenvalue weighted by atomic mass is 10.0. The molecule has 1 aromatic carbocycles. The summed E-state index contributed by atoms with van der Waals surface area (Å²) in [4.78, 5) is 27.3. The Morgan fingerprint density at radius 2 is 1.93 bits per heavy atom. The number of amides is 3. The van der Waals surface area contributed by atoms with Crippen molar-refractivity contribution < 1.29 is 14.0 Å². The van der Waals surface area contributed by atoms with Gasteiger partial charge in [0, 0.05) is 38.7 Å². The number of rotatable bonds is 3. The van der Waals surface area contributed by atoms with E-state index < -0.39 is 0 Å². The number of nitrogens with zero attached hydrogens (tertiary/aromatic N) is 4. The van der Waals surface area contributed by atoms with Crippen LogP contribution in [0, 0.1) is 5.82 Å². The molecule has 1 aliphatic heterocycles. The Bertz CT molecular complexity index is 819. The van der Waals surface area contributed by atoms with E-state index in [4.69, 9.17) is 0 Å². The third kappa shape index (κ3) is 4.58. The molecule has 3 rings (SSSR count). The number of piperidine rings is 1. The minimum atomic E-state index is -0.343. The molecule has 2 aromatic rings. The fourth-order valence-electron chi connectivity index (χ4n) is 3.13. The molecule has 1 N–H and O–H groups in total. The van der Waals surface area contributed by atoms with Crippen LogP contribution < -0.4 is 5.32 Å². The van der Waals surface area contributed by atoms with Crippen molar-refractivity contribution in [2.24, 2.45) is 0 Å². The first-order valence-corrected chi connectivity index (χ1v) is 8.83. The van der Waals surface area contributed by atoms with E-state index in [1.54, 1.807) is 48.0 Å². The first kappa shape index (κ1) is 18.8. The molecule has 0 saturated carbocycles. The summed E-state index contributed by atoms with van der Waals surface area (Å²) in [5.41, 5.74) is 1.15. The van der Waals surface area contributed by atoms with Gasteiger partial charge in [0.25, 0.3) is 0 Å². The molecular formula is C19H22FN5O2. The minimum absolute atomic E-state index is 0.0641. The van der Waals surface area contributed by atoms with E-state index in [2.05, 4.69) is 15.5 Å². The number of urea groups is 1. The number of hydrogen-bond donors (Lipinski definition) is 1. The van der Waals surface area contributed by atoms with Crippen molar-refractivity contribution >= 4 is 17.8 Å². The normalized spacial score (nSPS) is 14.7. The van der Waals surface area contributed by atoms with E-state index in [-0.39, 0.29) is 23.8 Å². The molecule has 0 bridgehead atoms. The second-order valence-electron chi connectivity index (χ2n) is 6.59. The van der Waals surface area contributed by atoms with Crippen molar-refractivity contribution in [2.45, 2.75) is 25.8 Å². The smallest absolute Gasteiger partial charge is 0.323 e. The van der Waals surface area contributed by atoms with Crippen molar-refractivity contribution in [1.29, 1.82) is 0 Å². The standard InChI is InChI=1S/C19H22FN5O2/c1-13(26)25-10-8-16(9-11-25)24(2)19(27)21-18-7-6-17(22-23-18)14-4-3-5-15(20)12-14/h3-7,12,16H,8-11H2,1-2H3,(H,21,23,27). The van der Waals surface area contributed by atoms with E-state index in [0.717, 1.165) is 12.8 Å². The van der Waals surface area contributed by atoms with Gasteiger partial charge in [-0.1, -0.05) is 12.1 Å². The second-order valence-corrected chi connectivity index (χ2v) is 6.59. The van der Waals surface area contributed by atoms with Crippen LogP contribution >= 0.6 is 0 Å². The Morgan fingerprint density at radius 1 is 1.19 bits per heavy atom. The van der Waals surface area contributed by atoms with Crippen molar-refractivity contribution in [3.8, 4) is 11.3 Å². The highest BCUT2D eigenvalue weighted by Gasteiger charge is 2.26. The Labute approximate surface area is 157 Å². The fraction of sp³-hybridized carbons (Fsp3) is 0.368. The average molecular weight is 371 g/mol. The molecule has 1 aromatic heterocycles. The third-order valence-electron chi connectivity index (χ3n) is 4.80. The maximum atomic E-state index is 13.3. The SMILES string of the molecule is CC(=O)N1CCC(N(C)C(=O)Nc2ccc(-c3cccc(F)c3)nn2)CC1. The van der Waals surface area contributed by atoms with Crippen molar-refractivity contribution in [1.82, 2.24) is 20.0 Å². The Morgan fingerprint density at radius 3 is 2.52 bits per heavy atom. The zero-order valence-electron chi connectivity index (χ0n) is 15.4. The van der Waals surface area contributed by atoms with Crippen LogP contribution in [0.25, 0.3) is 11.3 Å². The number of aromatic nitrogens is 2. The molecule has 0 atom stereocenters. The van der Waals surface area contributed by atoms with Crippen molar-refractivity contribution in [3.05, 3.63) is 42.2 Å². The minimum Gasteiger partial charge on any atom is -0.343 e. The van der Waals surface area contributed by atoms with Crippen LogP contribution in [-0.4, -0.2) is 58.1 Å². The Kier molecular flexibility index (Phi) is 5.63. The number of halogens is 1. The van der Waals surface area contributed by atoms with Gasteiger partial charge in [-0.25, -0.2) is 9.18 Å². The lowest BCUT2D eigenvalue weighted by Gasteiger charge is -2.36. The van der Waals surface area contributed by atoms with Crippen LogP contribution in [-0.2, 0) is 4.79 Å². The number of benzene rings is 1. The predicted molar refractivity (Wildman–Crippen MR) is 99.5 cm³/mol. The van der Waals surface area contributed by atoms with E-state index in [0.29, 0.717) is 30.2 Å². The van der Waals surface area contributed by atoms with Gasteiger partial charge in [0.15, 0.2) is 5.82 Å². The van der Waals surface area contributed by atoms with E-state index in [1.165, 1.54) is 12.1 Å². The zero-order valence-corrected chi connectivity index (χ0v) is 15.4. The quantitative estimate of drug-likeness (QED) is 0.900. The fourth-order valence-corrected chi connectivity index (χ4v) is 3.13. The van der Waals surface area contributed by atoms with E-state index in [9.17, 15) is 14.0 Å². The highest BCUT2D eigenvalue weighted by molar-refractivity contribution is 5.88. The molecule has 0 spiro atoms. The summed E-state index contributed by atoms with van der Waals surface area (Å²) < 4.78 is 13.3. The number of hydrogen-bond acceptors (Lipinski definition) is 4. The van der Waals surface area contributed by atoms with Crippen molar-refractivity contribution in [3.63, 3.8) is 0 Å². The van der Waals surface area contributed by atoms with Gasteiger partial charge in [-0.2, -0.15) is 0 Å². The largest absolute Gasteiger partial charge is 0.343 e. The van der Waals surface area contributed by atoms with Crippen molar-refractivity contribution in [2.75, 3.05) is 25.5 Å². The predicted octanol–water partition coefficient (Wildman–Crippen LogP) is 2.76. The molecule has 142 valence electrons. The van der Waals surface area contributed by atoms with Crippen LogP contribution in [0.1, 0.15) is 19.8 Å². The summed E-state index contributed by atoms with van der Waals surface area (Å²) in [7, 11) is 1.73. The highest BCUT2D eigenvalue weighted by Crippen LogP contribution is 2.19. The molecular weight excluding hydrogens is 349 g/mol. The molecule has 8 heteroatoms. The Hall–Kier alpha value is -3.03. The zero-order chi connectivity index (χ0) is 19.4. The molecule has 1 fully saturated rings.